The Morgan fingerprint density at radius 3 is 0.962 bits per heavy atom. The molecule has 0 radical (unpaired) electrons. The molecule has 0 saturated carbocycles. The standard InChI is InChI=1S/C42H36BN9/c1-25-22-40(50-37-16-10-7-13-34(37)44-47-50)28(4)19-31(25)43(32-20-29(5)41(23-26(32)2)51-38-17-11-8-14-35(38)45-48-51)33-21-30(6)42(24-27(33)3)52-39-18-12-9-15-36(39)46-49-52/h7-24H,1-6H3. The summed E-state index contributed by atoms with van der Waals surface area (Å²) in [5, 5.41) is 27.0. The van der Waals surface area contributed by atoms with Crippen LogP contribution in [0, 0.1) is 41.5 Å². The molecule has 0 aliphatic heterocycles. The monoisotopic (exact) mass is 677 g/mol. The second-order valence-corrected chi connectivity index (χ2v) is 13.9. The van der Waals surface area contributed by atoms with E-state index in [1.165, 1.54) is 33.1 Å². The summed E-state index contributed by atoms with van der Waals surface area (Å²) in [5.41, 5.74) is 19.3. The van der Waals surface area contributed by atoms with Gasteiger partial charge in [-0.05, 0) is 113 Å². The lowest BCUT2D eigenvalue weighted by Gasteiger charge is -2.25. The molecule has 0 saturated heterocycles. The van der Waals surface area contributed by atoms with E-state index >= 15 is 0 Å². The van der Waals surface area contributed by atoms with Crippen LogP contribution in [0.1, 0.15) is 33.4 Å². The number of aryl methyl sites for hydroxylation is 6. The highest BCUT2D eigenvalue weighted by atomic mass is 15.4. The van der Waals surface area contributed by atoms with Gasteiger partial charge in [-0.3, -0.25) is 0 Å². The molecule has 0 amide bonds. The van der Waals surface area contributed by atoms with E-state index in [1.807, 2.05) is 68.6 Å². The third-order valence-electron chi connectivity index (χ3n) is 10.4. The number of hydrogen-bond donors (Lipinski definition) is 0. The SMILES string of the molecule is Cc1cc(-n2nnc3ccccc32)c(C)cc1B(c1cc(C)c(-n2nnc3ccccc32)cc1C)c1cc(C)c(-n2nnc3ccccc32)cc1C. The summed E-state index contributed by atoms with van der Waals surface area (Å²) in [4.78, 5) is 0. The molecule has 9 nitrogen and oxygen atoms in total. The Balaban J connectivity index is 1.24. The highest BCUT2D eigenvalue weighted by molar-refractivity contribution is 6.96. The van der Waals surface area contributed by atoms with E-state index in [9.17, 15) is 0 Å². The molecule has 0 spiro atoms. The molecule has 3 heterocycles. The molecule has 6 aromatic carbocycles. The number of fused-ring (bicyclic) bond motifs is 3. The van der Waals surface area contributed by atoms with Crippen molar-refractivity contribution in [2.75, 3.05) is 0 Å². The van der Waals surface area contributed by atoms with Crippen LogP contribution in [0.2, 0.25) is 0 Å². The van der Waals surface area contributed by atoms with Gasteiger partial charge < -0.3 is 0 Å². The Kier molecular flexibility index (Phi) is 7.36. The van der Waals surface area contributed by atoms with Crippen molar-refractivity contribution in [3.05, 3.63) is 143 Å². The Labute approximate surface area is 301 Å². The Bertz CT molecular complexity index is 2540. The van der Waals surface area contributed by atoms with Gasteiger partial charge in [-0.1, -0.05) is 103 Å². The summed E-state index contributed by atoms with van der Waals surface area (Å²) in [7, 11) is 0. The number of rotatable bonds is 6. The van der Waals surface area contributed by atoms with Gasteiger partial charge in [0.15, 0.2) is 0 Å². The van der Waals surface area contributed by atoms with Crippen LogP contribution in [-0.4, -0.2) is 51.7 Å². The molecule has 10 heteroatoms. The first-order valence-corrected chi connectivity index (χ1v) is 17.5. The van der Waals surface area contributed by atoms with Crippen molar-refractivity contribution < 1.29 is 0 Å². The van der Waals surface area contributed by atoms with E-state index in [4.69, 9.17) is 0 Å². The fourth-order valence-corrected chi connectivity index (χ4v) is 7.73. The lowest BCUT2D eigenvalue weighted by Crippen LogP contribution is -2.55. The van der Waals surface area contributed by atoms with Crippen molar-refractivity contribution in [2.45, 2.75) is 41.5 Å². The number of hydrogen-bond acceptors (Lipinski definition) is 6. The van der Waals surface area contributed by atoms with Crippen molar-refractivity contribution in [3.8, 4) is 17.1 Å². The average Bonchev–Trinajstić information content (AvgIpc) is 3.89. The third kappa shape index (κ3) is 5.01. The maximum Gasteiger partial charge on any atom is 0.242 e. The predicted octanol–water partition coefficient (Wildman–Crippen LogP) is 6.26. The molecule has 252 valence electrons. The number of para-hydroxylation sites is 3. The van der Waals surface area contributed by atoms with Crippen LogP contribution in [0.3, 0.4) is 0 Å². The van der Waals surface area contributed by atoms with Gasteiger partial charge in [0.25, 0.3) is 0 Å². The number of nitrogens with zero attached hydrogens (tertiary/aromatic N) is 9. The van der Waals surface area contributed by atoms with Gasteiger partial charge in [-0.2, -0.15) is 0 Å². The van der Waals surface area contributed by atoms with Gasteiger partial charge in [0.2, 0.25) is 6.71 Å². The molecule has 0 aliphatic rings. The summed E-state index contributed by atoms with van der Waals surface area (Å²) in [6.45, 7) is 13.1. The molecule has 0 N–H and O–H groups in total. The molecule has 9 aromatic rings. The first-order chi connectivity index (χ1) is 25.3. The minimum Gasteiger partial charge on any atom is -0.213 e. The van der Waals surface area contributed by atoms with Crippen molar-refractivity contribution in [2.24, 2.45) is 0 Å². The van der Waals surface area contributed by atoms with Gasteiger partial charge >= 0.3 is 0 Å². The maximum atomic E-state index is 4.56. The Hall–Kier alpha value is -6.42. The van der Waals surface area contributed by atoms with E-state index in [0.29, 0.717) is 0 Å². The number of benzene rings is 6. The zero-order chi connectivity index (χ0) is 35.7. The highest BCUT2D eigenvalue weighted by Crippen LogP contribution is 2.25. The summed E-state index contributed by atoms with van der Waals surface area (Å²) >= 11 is 0. The normalized spacial score (nSPS) is 11.7. The van der Waals surface area contributed by atoms with Crippen LogP contribution in [0.15, 0.2) is 109 Å². The van der Waals surface area contributed by atoms with Crippen LogP contribution in [0.25, 0.3) is 50.2 Å². The lowest BCUT2D eigenvalue weighted by atomic mass is 9.34. The zero-order valence-corrected chi connectivity index (χ0v) is 30.0. The van der Waals surface area contributed by atoms with Crippen LogP contribution >= 0.6 is 0 Å². The van der Waals surface area contributed by atoms with Gasteiger partial charge in [0.05, 0.1) is 33.6 Å². The average molecular weight is 678 g/mol. The smallest absolute Gasteiger partial charge is 0.213 e. The van der Waals surface area contributed by atoms with E-state index < -0.39 is 0 Å². The summed E-state index contributed by atoms with van der Waals surface area (Å²) in [6, 6.07) is 38.1. The largest absolute Gasteiger partial charge is 0.242 e. The molecule has 0 fully saturated rings. The van der Waals surface area contributed by atoms with Crippen molar-refractivity contribution in [3.63, 3.8) is 0 Å². The predicted molar refractivity (Wildman–Crippen MR) is 210 cm³/mol. The lowest BCUT2D eigenvalue weighted by molar-refractivity contribution is 0.818. The van der Waals surface area contributed by atoms with Crippen LogP contribution in [0.4, 0.5) is 0 Å². The quantitative estimate of drug-likeness (QED) is 0.193. The molecule has 0 atom stereocenters. The van der Waals surface area contributed by atoms with E-state index in [0.717, 1.165) is 66.9 Å². The fraction of sp³-hybridized carbons (Fsp3) is 0.143. The molecular formula is C42H36BN9. The van der Waals surface area contributed by atoms with Gasteiger partial charge in [-0.25, -0.2) is 14.0 Å². The van der Waals surface area contributed by atoms with Crippen molar-refractivity contribution >= 4 is 56.2 Å². The minimum absolute atomic E-state index is 0.0549. The summed E-state index contributed by atoms with van der Waals surface area (Å²) < 4.78 is 5.86. The number of aromatic nitrogens is 9. The first-order valence-electron chi connectivity index (χ1n) is 17.5. The fourth-order valence-electron chi connectivity index (χ4n) is 7.73. The molecule has 9 rings (SSSR count). The van der Waals surface area contributed by atoms with Crippen LogP contribution < -0.4 is 16.4 Å². The Morgan fingerprint density at radius 2 is 0.654 bits per heavy atom. The van der Waals surface area contributed by atoms with Crippen molar-refractivity contribution in [1.82, 2.24) is 45.0 Å². The molecule has 0 unspecified atom stereocenters. The summed E-state index contributed by atoms with van der Waals surface area (Å²) in [5.74, 6) is 0. The highest BCUT2D eigenvalue weighted by Gasteiger charge is 2.30. The molecular weight excluding hydrogens is 641 g/mol. The molecule has 52 heavy (non-hydrogen) atoms. The minimum atomic E-state index is -0.0549. The third-order valence-corrected chi connectivity index (χ3v) is 10.4. The van der Waals surface area contributed by atoms with E-state index in [1.54, 1.807) is 0 Å². The molecule has 0 aliphatic carbocycles. The van der Waals surface area contributed by atoms with E-state index in [2.05, 4.69) is 127 Å². The van der Waals surface area contributed by atoms with Crippen molar-refractivity contribution in [1.29, 1.82) is 0 Å². The first kappa shape index (κ1) is 31.6. The van der Waals surface area contributed by atoms with Crippen LogP contribution in [0.5, 0.6) is 0 Å². The van der Waals surface area contributed by atoms with Gasteiger partial charge in [-0.15, -0.1) is 15.3 Å². The maximum absolute atomic E-state index is 4.56. The second kappa shape index (κ2) is 12.1. The molecule has 0 bridgehead atoms. The van der Waals surface area contributed by atoms with Crippen LogP contribution in [-0.2, 0) is 0 Å². The Morgan fingerprint density at radius 1 is 0.365 bits per heavy atom. The van der Waals surface area contributed by atoms with E-state index in [-0.39, 0.29) is 6.71 Å². The van der Waals surface area contributed by atoms with Gasteiger partial charge in [0, 0.05) is 0 Å². The van der Waals surface area contributed by atoms with Gasteiger partial charge in [0.1, 0.15) is 16.6 Å². The second-order valence-electron chi connectivity index (χ2n) is 13.9. The molecule has 3 aromatic heterocycles. The summed E-state index contributed by atoms with van der Waals surface area (Å²) in [6.07, 6.45) is 0. The zero-order valence-electron chi connectivity index (χ0n) is 30.0. The topological polar surface area (TPSA) is 92.1 Å².